The number of nitrogens with zero attached hydrogens (tertiary/aromatic N) is 1. The number of hydrogen-bond donors (Lipinski definition) is 2. The van der Waals surface area contributed by atoms with Crippen LogP contribution in [-0.4, -0.2) is 24.0 Å². The molecule has 0 radical (unpaired) electrons. The summed E-state index contributed by atoms with van der Waals surface area (Å²) in [5.41, 5.74) is 0.259. The monoisotopic (exact) mass is 281 g/mol. The smallest absolute Gasteiger partial charge is 0.255 e. The molecule has 0 aromatic carbocycles. The van der Waals surface area contributed by atoms with Crippen molar-refractivity contribution >= 4 is 11.7 Å². The summed E-state index contributed by atoms with van der Waals surface area (Å²) in [5.74, 6) is 0.492. The van der Waals surface area contributed by atoms with Gasteiger partial charge in [-0.3, -0.25) is 4.79 Å². The Kier molecular flexibility index (Phi) is 6.42. The molecule has 1 amide bonds. The second-order valence-corrected chi connectivity index (χ2v) is 5.41. The SMILES string of the molecule is CCCNc1ncc(F)cc1C(=O)NCC(C)C(C)C. The van der Waals surface area contributed by atoms with Gasteiger partial charge < -0.3 is 10.6 Å². The Morgan fingerprint density at radius 1 is 1.40 bits per heavy atom. The van der Waals surface area contributed by atoms with Crippen LogP contribution >= 0.6 is 0 Å². The van der Waals surface area contributed by atoms with Crippen LogP contribution in [0.4, 0.5) is 10.2 Å². The van der Waals surface area contributed by atoms with Gasteiger partial charge in [0.25, 0.3) is 5.91 Å². The number of nitrogens with one attached hydrogen (secondary N) is 2. The lowest BCUT2D eigenvalue weighted by molar-refractivity contribution is 0.0945. The Labute approximate surface area is 120 Å². The predicted molar refractivity (Wildman–Crippen MR) is 79.3 cm³/mol. The number of pyridine rings is 1. The van der Waals surface area contributed by atoms with E-state index in [1.54, 1.807) is 0 Å². The van der Waals surface area contributed by atoms with Gasteiger partial charge in [0.2, 0.25) is 0 Å². The fourth-order valence-electron chi connectivity index (χ4n) is 1.58. The normalized spacial score (nSPS) is 12.3. The Balaban J connectivity index is 2.77. The Morgan fingerprint density at radius 2 is 2.10 bits per heavy atom. The van der Waals surface area contributed by atoms with E-state index in [4.69, 9.17) is 0 Å². The molecule has 0 aliphatic rings. The second-order valence-electron chi connectivity index (χ2n) is 5.41. The highest BCUT2D eigenvalue weighted by Crippen LogP contribution is 2.14. The maximum absolute atomic E-state index is 13.3. The van der Waals surface area contributed by atoms with Crippen molar-refractivity contribution in [2.45, 2.75) is 34.1 Å². The van der Waals surface area contributed by atoms with Crippen molar-refractivity contribution in [2.24, 2.45) is 11.8 Å². The molecular weight excluding hydrogens is 257 g/mol. The van der Waals surface area contributed by atoms with Gasteiger partial charge in [0, 0.05) is 13.1 Å². The van der Waals surface area contributed by atoms with Gasteiger partial charge >= 0.3 is 0 Å². The molecule has 0 saturated carbocycles. The van der Waals surface area contributed by atoms with Gasteiger partial charge in [-0.2, -0.15) is 0 Å². The van der Waals surface area contributed by atoms with Crippen molar-refractivity contribution in [1.82, 2.24) is 10.3 Å². The third-order valence-electron chi connectivity index (χ3n) is 3.36. The molecule has 0 aliphatic carbocycles. The first-order chi connectivity index (χ1) is 9.45. The topological polar surface area (TPSA) is 54.0 Å². The fraction of sp³-hybridized carbons (Fsp3) is 0.600. The summed E-state index contributed by atoms with van der Waals surface area (Å²) in [5, 5.41) is 5.88. The lowest BCUT2D eigenvalue weighted by atomic mass is 9.98. The Hall–Kier alpha value is -1.65. The minimum absolute atomic E-state index is 0.259. The summed E-state index contributed by atoms with van der Waals surface area (Å²) in [6.07, 6.45) is 2.02. The van der Waals surface area contributed by atoms with Crippen molar-refractivity contribution in [3.63, 3.8) is 0 Å². The van der Waals surface area contributed by atoms with Gasteiger partial charge in [0.05, 0.1) is 11.8 Å². The quantitative estimate of drug-likeness (QED) is 0.807. The molecule has 0 aliphatic heterocycles. The van der Waals surface area contributed by atoms with E-state index < -0.39 is 5.82 Å². The molecule has 1 unspecified atom stereocenters. The van der Waals surface area contributed by atoms with Crippen LogP contribution in [0.2, 0.25) is 0 Å². The van der Waals surface area contributed by atoms with Gasteiger partial charge in [-0.1, -0.05) is 27.7 Å². The van der Waals surface area contributed by atoms with E-state index in [-0.39, 0.29) is 11.5 Å². The van der Waals surface area contributed by atoms with Gasteiger partial charge in [0.15, 0.2) is 0 Å². The molecule has 1 aromatic heterocycles. The van der Waals surface area contributed by atoms with E-state index in [0.717, 1.165) is 12.6 Å². The summed E-state index contributed by atoms with van der Waals surface area (Å²) >= 11 is 0. The van der Waals surface area contributed by atoms with Crippen molar-refractivity contribution in [3.8, 4) is 0 Å². The predicted octanol–water partition coefficient (Wildman–Crippen LogP) is 3.06. The molecule has 1 rings (SSSR count). The van der Waals surface area contributed by atoms with E-state index in [2.05, 4.69) is 36.4 Å². The first-order valence-corrected chi connectivity index (χ1v) is 7.13. The molecule has 0 fully saturated rings. The van der Waals surface area contributed by atoms with Crippen LogP contribution in [0, 0.1) is 17.7 Å². The van der Waals surface area contributed by atoms with Gasteiger partial charge in [-0.15, -0.1) is 0 Å². The minimum atomic E-state index is -0.505. The zero-order chi connectivity index (χ0) is 15.1. The number of aromatic nitrogens is 1. The molecule has 0 spiro atoms. The maximum Gasteiger partial charge on any atom is 0.255 e. The van der Waals surface area contributed by atoms with Crippen LogP contribution in [0.1, 0.15) is 44.5 Å². The number of carbonyl (C=O) groups excluding carboxylic acids is 1. The average molecular weight is 281 g/mol. The minimum Gasteiger partial charge on any atom is -0.369 e. The van der Waals surface area contributed by atoms with Crippen LogP contribution in [0.3, 0.4) is 0 Å². The summed E-state index contributed by atoms with van der Waals surface area (Å²) < 4.78 is 13.3. The molecule has 4 nitrogen and oxygen atoms in total. The standard InChI is InChI=1S/C15H24FN3O/c1-5-6-17-14-13(7-12(16)9-18-14)15(20)19-8-11(4)10(2)3/h7,9-11H,5-6,8H2,1-4H3,(H,17,18)(H,19,20). The summed E-state index contributed by atoms with van der Waals surface area (Å²) in [7, 11) is 0. The van der Waals surface area contributed by atoms with Gasteiger partial charge in [-0.05, 0) is 24.3 Å². The van der Waals surface area contributed by atoms with Crippen LogP contribution < -0.4 is 10.6 Å². The van der Waals surface area contributed by atoms with E-state index in [1.165, 1.54) is 6.07 Å². The van der Waals surface area contributed by atoms with Crippen molar-refractivity contribution < 1.29 is 9.18 Å². The van der Waals surface area contributed by atoms with E-state index in [1.807, 2.05) is 6.92 Å². The second kappa shape index (κ2) is 7.82. The molecule has 20 heavy (non-hydrogen) atoms. The molecule has 1 aromatic rings. The molecule has 112 valence electrons. The van der Waals surface area contributed by atoms with Crippen LogP contribution in [0.25, 0.3) is 0 Å². The van der Waals surface area contributed by atoms with E-state index in [0.29, 0.717) is 30.7 Å². The maximum atomic E-state index is 13.3. The van der Waals surface area contributed by atoms with Crippen molar-refractivity contribution in [3.05, 3.63) is 23.6 Å². The van der Waals surface area contributed by atoms with Crippen LogP contribution in [-0.2, 0) is 0 Å². The number of carbonyl (C=O) groups is 1. The zero-order valence-corrected chi connectivity index (χ0v) is 12.7. The molecule has 5 heteroatoms. The molecule has 2 N–H and O–H groups in total. The number of hydrogen-bond acceptors (Lipinski definition) is 3. The number of amides is 1. The largest absolute Gasteiger partial charge is 0.369 e. The zero-order valence-electron chi connectivity index (χ0n) is 12.7. The fourth-order valence-corrected chi connectivity index (χ4v) is 1.58. The first-order valence-electron chi connectivity index (χ1n) is 7.13. The highest BCUT2D eigenvalue weighted by atomic mass is 19.1. The molecule has 0 saturated heterocycles. The Morgan fingerprint density at radius 3 is 2.70 bits per heavy atom. The number of halogens is 1. The van der Waals surface area contributed by atoms with Crippen molar-refractivity contribution in [1.29, 1.82) is 0 Å². The lowest BCUT2D eigenvalue weighted by Crippen LogP contribution is -2.31. The highest BCUT2D eigenvalue weighted by Gasteiger charge is 2.15. The average Bonchev–Trinajstić information content (AvgIpc) is 2.42. The molecule has 1 atom stereocenters. The Bertz CT molecular complexity index is 449. The summed E-state index contributed by atoms with van der Waals surface area (Å²) in [6, 6.07) is 1.22. The summed E-state index contributed by atoms with van der Waals surface area (Å²) in [4.78, 5) is 16.1. The molecular formula is C15H24FN3O. The molecule has 0 bridgehead atoms. The van der Waals surface area contributed by atoms with E-state index >= 15 is 0 Å². The van der Waals surface area contributed by atoms with Crippen molar-refractivity contribution in [2.75, 3.05) is 18.4 Å². The number of rotatable bonds is 7. The van der Waals surface area contributed by atoms with Crippen LogP contribution in [0.15, 0.2) is 12.3 Å². The first kappa shape index (κ1) is 16.4. The number of anilines is 1. The van der Waals surface area contributed by atoms with Crippen LogP contribution in [0.5, 0.6) is 0 Å². The lowest BCUT2D eigenvalue weighted by Gasteiger charge is -2.17. The van der Waals surface area contributed by atoms with Gasteiger partial charge in [-0.25, -0.2) is 9.37 Å². The van der Waals surface area contributed by atoms with Gasteiger partial charge in [0.1, 0.15) is 11.6 Å². The third kappa shape index (κ3) is 4.79. The highest BCUT2D eigenvalue weighted by molar-refractivity contribution is 5.98. The van der Waals surface area contributed by atoms with E-state index in [9.17, 15) is 9.18 Å². The molecule has 1 heterocycles. The third-order valence-corrected chi connectivity index (χ3v) is 3.36. The summed E-state index contributed by atoms with van der Waals surface area (Å²) in [6.45, 7) is 9.57.